The number of benzene rings is 3. The molecule has 3 N–H and O–H groups in total. The van der Waals surface area contributed by atoms with Crippen LogP contribution in [0, 0.1) is 6.92 Å². The highest BCUT2D eigenvalue weighted by Crippen LogP contribution is 2.40. The minimum Gasteiger partial charge on any atom is -0.493 e. The number of thioether (sulfide) groups is 1. The van der Waals surface area contributed by atoms with Crippen LogP contribution in [0.15, 0.2) is 78.9 Å². The van der Waals surface area contributed by atoms with Crippen LogP contribution in [0.3, 0.4) is 0 Å². The van der Waals surface area contributed by atoms with Gasteiger partial charge in [-0.15, -0.1) is 11.8 Å². The number of hydrogen-bond donors (Lipinski definition) is 3. The van der Waals surface area contributed by atoms with E-state index in [1.165, 1.54) is 23.8 Å². The smallest absolute Gasteiger partial charge is 0.258 e. The van der Waals surface area contributed by atoms with Crippen molar-refractivity contribution in [3.8, 4) is 11.5 Å². The Labute approximate surface area is 257 Å². The maximum atomic E-state index is 13.8. The van der Waals surface area contributed by atoms with Gasteiger partial charge in [-0.2, -0.15) is 0 Å². The number of ether oxygens (including phenoxy) is 2. The zero-order valence-corrected chi connectivity index (χ0v) is 25.7. The second-order valence-corrected chi connectivity index (χ2v) is 12.6. The molecule has 0 unspecified atom stereocenters. The number of aliphatic hydroxyl groups excluding tert-OH is 1. The van der Waals surface area contributed by atoms with Crippen LogP contribution in [0.1, 0.15) is 30.5 Å². The highest BCUT2D eigenvalue weighted by atomic mass is 32.2. The summed E-state index contributed by atoms with van der Waals surface area (Å²) in [7, 11) is 1.51. The molecular formula is C33H39N3O6S. The number of amides is 3. The fraction of sp³-hybridized carbons (Fsp3) is 0.364. The van der Waals surface area contributed by atoms with Gasteiger partial charge in [-0.1, -0.05) is 66.7 Å². The summed E-state index contributed by atoms with van der Waals surface area (Å²) in [4.78, 5) is 41.8. The molecule has 0 aliphatic carbocycles. The van der Waals surface area contributed by atoms with Crippen molar-refractivity contribution in [2.24, 2.45) is 0 Å². The number of methoxy groups -OCH3 is 1. The average Bonchev–Trinajstić information content (AvgIpc) is 3.33. The van der Waals surface area contributed by atoms with E-state index in [0.717, 1.165) is 16.7 Å². The lowest BCUT2D eigenvalue weighted by molar-refractivity contribution is -0.148. The quantitative estimate of drug-likeness (QED) is 0.290. The molecule has 0 aromatic heterocycles. The molecule has 1 aliphatic heterocycles. The van der Waals surface area contributed by atoms with Crippen molar-refractivity contribution in [2.75, 3.05) is 19.6 Å². The second kappa shape index (κ2) is 14.4. The van der Waals surface area contributed by atoms with Gasteiger partial charge in [0.1, 0.15) is 6.04 Å². The first-order valence-electron chi connectivity index (χ1n) is 14.1. The minimum absolute atomic E-state index is 0.197. The van der Waals surface area contributed by atoms with Crippen molar-refractivity contribution in [2.45, 2.75) is 56.7 Å². The van der Waals surface area contributed by atoms with E-state index in [2.05, 4.69) is 10.6 Å². The number of aliphatic hydroxyl groups is 1. The average molecular weight is 606 g/mol. The van der Waals surface area contributed by atoms with Crippen LogP contribution >= 0.6 is 11.8 Å². The van der Waals surface area contributed by atoms with Crippen molar-refractivity contribution in [1.29, 1.82) is 0 Å². The van der Waals surface area contributed by atoms with Crippen LogP contribution in [0.25, 0.3) is 0 Å². The number of hydrogen-bond acceptors (Lipinski definition) is 7. The molecule has 1 fully saturated rings. The van der Waals surface area contributed by atoms with Crippen molar-refractivity contribution >= 4 is 29.5 Å². The van der Waals surface area contributed by atoms with Gasteiger partial charge in [-0.05, 0) is 56.0 Å². The van der Waals surface area contributed by atoms with Gasteiger partial charge in [0.15, 0.2) is 24.2 Å². The van der Waals surface area contributed by atoms with Gasteiger partial charge in [0.25, 0.3) is 11.8 Å². The lowest BCUT2D eigenvalue weighted by Gasteiger charge is -2.33. The van der Waals surface area contributed by atoms with E-state index < -0.39 is 34.7 Å². The third-order valence-corrected chi connectivity index (χ3v) is 8.87. The summed E-state index contributed by atoms with van der Waals surface area (Å²) >= 11 is 1.47. The van der Waals surface area contributed by atoms with Crippen LogP contribution in [-0.2, 0) is 27.3 Å². The predicted molar refractivity (Wildman–Crippen MR) is 167 cm³/mol. The molecule has 0 spiro atoms. The third-order valence-electron chi connectivity index (χ3n) is 7.50. The van der Waals surface area contributed by atoms with Crippen molar-refractivity contribution in [3.63, 3.8) is 0 Å². The second-order valence-electron chi connectivity index (χ2n) is 11.0. The topological polar surface area (TPSA) is 117 Å². The molecule has 0 saturated carbocycles. The number of aryl methyl sites for hydroxylation is 1. The molecule has 228 valence electrons. The van der Waals surface area contributed by atoms with Crippen molar-refractivity contribution < 1.29 is 29.0 Å². The monoisotopic (exact) mass is 605 g/mol. The van der Waals surface area contributed by atoms with Crippen LogP contribution in [0.4, 0.5) is 0 Å². The summed E-state index contributed by atoms with van der Waals surface area (Å²) in [6.07, 6.45) is -1.40. The van der Waals surface area contributed by atoms with E-state index >= 15 is 0 Å². The summed E-state index contributed by atoms with van der Waals surface area (Å²) in [5, 5.41) is 17.2. The largest absolute Gasteiger partial charge is 0.493 e. The molecule has 3 amide bonds. The summed E-state index contributed by atoms with van der Waals surface area (Å²) in [6, 6.07) is 22.2. The van der Waals surface area contributed by atoms with Crippen LogP contribution in [0.2, 0.25) is 0 Å². The molecule has 9 nitrogen and oxygen atoms in total. The van der Waals surface area contributed by atoms with Gasteiger partial charge in [-0.25, -0.2) is 0 Å². The fourth-order valence-corrected chi connectivity index (χ4v) is 6.22. The highest BCUT2D eigenvalue weighted by Gasteiger charge is 2.49. The number of para-hydroxylation sites is 2. The molecule has 4 rings (SSSR count). The SMILES string of the molecule is COc1ccccc1OCC(=O)N[C@@H](Cc1ccccc1)[C@H](O)C(=O)N1CSC(C)(C)[C@H]1C(=O)NCc1ccccc1C. The molecule has 0 bridgehead atoms. The number of nitrogens with one attached hydrogen (secondary N) is 2. The van der Waals surface area contributed by atoms with E-state index in [1.54, 1.807) is 24.3 Å². The van der Waals surface area contributed by atoms with Crippen LogP contribution in [0.5, 0.6) is 11.5 Å². The van der Waals surface area contributed by atoms with Gasteiger partial charge >= 0.3 is 0 Å². The van der Waals surface area contributed by atoms with Crippen molar-refractivity contribution in [3.05, 3.63) is 95.6 Å². The molecule has 0 radical (unpaired) electrons. The Morgan fingerprint density at radius 3 is 2.35 bits per heavy atom. The Morgan fingerprint density at radius 1 is 1.00 bits per heavy atom. The lowest BCUT2D eigenvalue weighted by atomic mass is 9.97. The zero-order chi connectivity index (χ0) is 31.0. The standard InChI is InChI=1S/C33H39N3O6S/c1-22-12-8-9-15-24(22)19-34-31(39)30-33(2,3)43-21-36(30)32(40)29(38)25(18-23-13-6-5-7-14-23)35-28(37)20-42-27-17-11-10-16-26(27)41-4/h5-17,25,29-30,38H,18-21H2,1-4H3,(H,34,39)(H,35,37)/t25-,29-,30+/m0/s1. The maximum Gasteiger partial charge on any atom is 0.258 e. The first kappa shape index (κ1) is 31.9. The molecular weight excluding hydrogens is 566 g/mol. The molecule has 1 aliphatic rings. The number of carbonyl (C=O) groups is 3. The van der Waals surface area contributed by atoms with E-state index in [4.69, 9.17) is 9.47 Å². The third kappa shape index (κ3) is 8.09. The normalized spacial score (nSPS) is 17.0. The molecule has 10 heteroatoms. The summed E-state index contributed by atoms with van der Waals surface area (Å²) < 4.78 is 10.3. The lowest BCUT2D eigenvalue weighted by Crippen LogP contribution is -2.59. The Morgan fingerprint density at radius 2 is 1.65 bits per heavy atom. The van der Waals surface area contributed by atoms with Gasteiger partial charge in [-0.3, -0.25) is 14.4 Å². The number of carbonyl (C=O) groups excluding carboxylic acids is 3. The summed E-state index contributed by atoms with van der Waals surface area (Å²) in [5.41, 5.74) is 2.87. The van der Waals surface area contributed by atoms with Crippen LogP contribution < -0.4 is 20.1 Å². The summed E-state index contributed by atoms with van der Waals surface area (Å²) in [5.74, 6) is -0.329. The molecule has 3 aromatic carbocycles. The number of rotatable bonds is 12. The van der Waals surface area contributed by atoms with Crippen molar-refractivity contribution in [1.82, 2.24) is 15.5 Å². The molecule has 1 saturated heterocycles. The van der Waals surface area contributed by atoms with Gasteiger partial charge in [0.05, 0.1) is 19.0 Å². The fourth-order valence-electron chi connectivity index (χ4n) is 5.08. The Hall–Kier alpha value is -4.02. The molecule has 3 atom stereocenters. The van der Waals surface area contributed by atoms with E-state index in [1.807, 2.05) is 75.4 Å². The van der Waals surface area contributed by atoms with Gasteiger partial charge in [0.2, 0.25) is 5.91 Å². The van der Waals surface area contributed by atoms with Crippen LogP contribution in [-0.4, -0.2) is 70.3 Å². The number of nitrogens with zero attached hydrogens (tertiary/aromatic N) is 1. The predicted octanol–water partition coefficient (Wildman–Crippen LogP) is 3.47. The zero-order valence-electron chi connectivity index (χ0n) is 24.9. The minimum atomic E-state index is -1.60. The molecule has 3 aromatic rings. The van der Waals surface area contributed by atoms with Gasteiger partial charge in [0, 0.05) is 11.3 Å². The first-order chi connectivity index (χ1) is 20.6. The van der Waals surface area contributed by atoms with E-state index in [-0.39, 0.29) is 24.8 Å². The maximum absolute atomic E-state index is 13.8. The van der Waals surface area contributed by atoms with Gasteiger partial charge < -0.3 is 30.1 Å². The Balaban J connectivity index is 1.48. The molecule has 43 heavy (non-hydrogen) atoms. The van der Waals surface area contributed by atoms with E-state index in [9.17, 15) is 19.5 Å². The highest BCUT2D eigenvalue weighted by molar-refractivity contribution is 8.00. The Kier molecular flexibility index (Phi) is 10.7. The summed E-state index contributed by atoms with van der Waals surface area (Å²) in [6.45, 7) is 5.78. The Bertz CT molecular complexity index is 1420. The van der Waals surface area contributed by atoms with E-state index in [0.29, 0.717) is 18.0 Å². The first-order valence-corrected chi connectivity index (χ1v) is 15.1. The molecule has 1 heterocycles.